The van der Waals surface area contributed by atoms with E-state index in [0.717, 1.165) is 25.7 Å². The van der Waals surface area contributed by atoms with Gasteiger partial charge in [0.05, 0.1) is 25.7 Å². The lowest BCUT2D eigenvalue weighted by molar-refractivity contribution is -0.226. The van der Waals surface area contributed by atoms with E-state index < -0.39 is 5.79 Å². The summed E-state index contributed by atoms with van der Waals surface area (Å²) in [6.45, 7) is 1.27. The average molecular weight is 316 g/mol. The fourth-order valence-corrected chi connectivity index (χ4v) is 4.01. The zero-order valence-electron chi connectivity index (χ0n) is 13.6. The number of ether oxygens (including phenoxy) is 3. The third-order valence-electron chi connectivity index (χ3n) is 5.09. The molecule has 3 rings (SSSR count). The number of carbonyl (C=O) groups excluding carboxylic acids is 1. The van der Waals surface area contributed by atoms with Crippen LogP contribution in [-0.4, -0.2) is 32.1 Å². The van der Waals surface area contributed by atoms with Crippen molar-refractivity contribution < 1.29 is 19.0 Å². The van der Waals surface area contributed by atoms with Crippen molar-refractivity contribution in [3.05, 3.63) is 48.0 Å². The number of hydrogen-bond donors (Lipinski definition) is 0. The minimum atomic E-state index is -0.576. The first-order chi connectivity index (χ1) is 11.2. The first-order valence-corrected chi connectivity index (χ1v) is 8.30. The van der Waals surface area contributed by atoms with Crippen LogP contribution in [0.1, 0.15) is 37.7 Å². The molecule has 1 aromatic rings. The molecule has 2 aliphatic rings. The molecule has 1 aromatic carbocycles. The molecule has 1 heterocycles. The van der Waals surface area contributed by atoms with Gasteiger partial charge in [-0.25, -0.2) is 4.79 Å². The van der Waals surface area contributed by atoms with Crippen LogP contribution < -0.4 is 0 Å². The largest absolute Gasteiger partial charge is 0.466 e. The second-order valence-corrected chi connectivity index (χ2v) is 6.23. The van der Waals surface area contributed by atoms with Crippen molar-refractivity contribution >= 4 is 5.97 Å². The van der Waals surface area contributed by atoms with Crippen LogP contribution >= 0.6 is 0 Å². The van der Waals surface area contributed by atoms with Gasteiger partial charge in [-0.1, -0.05) is 42.8 Å². The molecule has 23 heavy (non-hydrogen) atoms. The van der Waals surface area contributed by atoms with Gasteiger partial charge in [-0.2, -0.15) is 0 Å². The Morgan fingerprint density at radius 3 is 2.57 bits per heavy atom. The summed E-state index contributed by atoms with van der Waals surface area (Å²) in [4.78, 5) is 11.4. The third-order valence-corrected chi connectivity index (χ3v) is 5.09. The van der Waals surface area contributed by atoms with E-state index in [1.165, 1.54) is 18.7 Å². The molecular formula is C19H24O4. The fourth-order valence-electron chi connectivity index (χ4n) is 4.01. The molecule has 4 heteroatoms. The minimum absolute atomic E-state index is 0.256. The van der Waals surface area contributed by atoms with Crippen molar-refractivity contribution in [1.29, 1.82) is 0 Å². The van der Waals surface area contributed by atoms with Crippen LogP contribution in [0.2, 0.25) is 0 Å². The number of methoxy groups -OCH3 is 1. The lowest BCUT2D eigenvalue weighted by Gasteiger charge is -2.50. The summed E-state index contributed by atoms with van der Waals surface area (Å²) in [5.41, 5.74) is 0.962. The summed E-state index contributed by atoms with van der Waals surface area (Å²) < 4.78 is 17.0. The predicted octanol–water partition coefficient (Wildman–Crippen LogP) is 3.36. The Morgan fingerprint density at radius 1 is 1.17 bits per heavy atom. The fraction of sp³-hybridized carbons (Fsp3) is 0.526. The predicted molar refractivity (Wildman–Crippen MR) is 87.0 cm³/mol. The van der Waals surface area contributed by atoms with Gasteiger partial charge in [-0.3, -0.25) is 0 Å². The minimum Gasteiger partial charge on any atom is -0.466 e. The standard InChI is InChI=1S/C19H24O4/c1-21-17(20)10-7-12-18(16-8-3-2-4-9-16)11-5-6-13-19(18)22-14-15-23-19/h2-4,7-10H,5-6,11-15H2,1H3/b10-7+. The van der Waals surface area contributed by atoms with Crippen LogP contribution in [0, 0.1) is 0 Å². The maximum absolute atomic E-state index is 11.4. The van der Waals surface area contributed by atoms with E-state index in [2.05, 4.69) is 24.3 Å². The number of allylic oxidation sites excluding steroid dienone is 1. The average Bonchev–Trinajstić information content (AvgIpc) is 3.07. The first-order valence-electron chi connectivity index (χ1n) is 8.30. The Labute approximate surface area is 137 Å². The highest BCUT2D eigenvalue weighted by Crippen LogP contribution is 2.53. The molecule has 2 fully saturated rings. The summed E-state index contributed by atoms with van der Waals surface area (Å²) >= 11 is 0. The number of benzene rings is 1. The molecule has 0 amide bonds. The Morgan fingerprint density at radius 2 is 1.87 bits per heavy atom. The molecule has 1 spiro atoms. The molecule has 1 atom stereocenters. The Hall–Kier alpha value is -1.65. The Balaban J connectivity index is 1.98. The van der Waals surface area contributed by atoms with Gasteiger partial charge in [-0.05, 0) is 24.8 Å². The van der Waals surface area contributed by atoms with Crippen molar-refractivity contribution in [3.63, 3.8) is 0 Å². The van der Waals surface area contributed by atoms with E-state index in [4.69, 9.17) is 14.2 Å². The maximum atomic E-state index is 11.4. The van der Waals surface area contributed by atoms with Gasteiger partial charge in [0.25, 0.3) is 0 Å². The maximum Gasteiger partial charge on any atom is 0.330 e. The molecular weight excluding hydrogens is 292 g/mol. The Kier molecular flexibility index (Phi) is 4.83. The highest BCUT2D eigenvalue weighted by molar-refractivity contribution is 5.81. The first kappa shape index (κ1) is 16.2. The summed E-state index contributed by atoms with van der Waals surface area (Å²) in [5, 5.41) is 0. The summed E-state index contributed by atoms with van der Waals surface area (Å²) in [5.74, 6) is -0.904. The lowest BCUT2D eigenvalue weighted by Crippen LogP contribution is -2.54. The van der Waals surface area contributed by atoms with Crippen LogP contribution in [0.15, 0.2) is 42.5 Å². The van der Waals surface area contributed by atoms with Crippen molar-refractivity contribution in [1.82, 2.24) is 0 Å². The monoisotopic (exact) mass is 316 g/mol. The zero-order valence-corrected chi connectivity index (χ0v) is 13.6. The quantitative estimate of drug-likeness (QED) is 0.631. The van der Waals surface area contributed by atoms with Gasteiger partial charge >= 0.3 is 5.97 Å². The van der Waals surface area contributed by atoms with E-state index in [1.54, 1.807) is 0 Å². The number of rotatable bonds is 4. The molecule has 1 aliphatic carbocycles. The molecule has 1 aliphatic heterocycles. The van der Waals surface area contributed by atoms with Crippen molar-refractivity contribution in [2.45, 2.75) is 43.3 Å². The van der Waals surface area contributed by atoms with Gasteiger partial charge in [-0.15, -0.1) is 0 Å². The van der Waals surface area contributed by atoms with Gasteiger partial charge < -0.3 is 14.2 Å². The normalized spacial score (nSPS) is 26.7. The van der Waals surface area contributed by atoms with E-state index >= 15 is 0 Å². The summed E-state index contributed by atoms with van der Waals surface area (Å²) in [6.07, 6.45) is 8.23. The van der Waals surface area contributed by atoms with Crippen molar-refractivity contribution in [3.8, 4) is 0 Å². The van der Waals surface area contributed by atoms with Crippen LogP contribution in [-0.2, 0) is 24.4 Å². The van der Waals surface area contributed by atoms with Gasteiger partial charge in [0, 0.05) is 12.5 Å². The van der Waals surface area contributed by atoms with Crippen LogP contribution in [0.3, 0.4) is 0 Å². The molecule has 0 radical (unpaired) electrons. The van der Waals surface area contributed by atoms with Crippen molar-refractivity contribution in [2.75, 3.05) is 20.3 Å². The van der Waals surface area contributed by atoms with Gasteiger partial charge in [0.1, 0.15) is 0 Å². The van der Waals surface area contributed by atoms with Crippen LogP contribution in [0.5, 0.6) is 0 Å². The number of esters is 1. The van der Waals surface area contributed by atoms with E-state index in [9.17, 15) is 4.79 Å². The van der Waals surface area contributed by atoms with Crippen LogP contribution in [0.25, 0.3) is 0 Å². The van der Waals surface area contributed by atoms with Crippen molar-refractivity contribution in [2.24, 2.45) is 0 Å². The van der Waals surface area contributed by atoms with Gasteiger partial charge in [0.2, 0.25) is 0 Å². The van der Waals surface area contributed by atoms with E-state index in [1.807, 2.05) is 12.1 Å². The smallest absolute Gasteiger partial charge is 0.330 e. The molecule has 124 valence electrons. The van der Waals surface area contributed by atoms with Gasteiger partial charge in [0.15, 0.2) is 5.79 Å². The third kappa shape index (κ3) is 2.93. The molecule has 0 aromatic heterocycles. The summed E-state index contributed by atoms with van der Waals surface area (Å²) in [7, 11) is 1.39. The highest BCUT2D eigenvalue weighted by Gasteiger charge is 2.57. The lowest BCUT2D eigenvalue weighted by atomic mass is 9.63. The SMILES string of the molecule is COC(=O)/C=C/CC1(c2ccccc2)CCCCC12OCCO2. The molecule has 0 N–H and O–H groups in total. The number of carbonyl (C=O) groups is 1. The second-order valence-electron chi connectivity index (χ2n) is 6.23. The second kappa shape index (κ2) is 6.85. The molecule has 0 bridgehead atoms. The van der Waals surface area contributed by atoms with E-state index in [0.29, 0.717) is 19.6 Å². The Bertz CT molecular complexity index is 560. The topological polar surface area (TPSA) is 44.8 Å². The summed E-state index contributed by atoms with van der Waals surface area (Å²) in [6, 6.07) is 10.4. The molecule has 1 unspecified atom stereocenters. The van der Waals surface area contributed by atoms with Crippen LogP contribution in [0.4, 0.5) is 0 Å². The molecule has 1 saturated carbocycles. The number of hydrogen-bond acceptors (Lipinski definition) is 4. The zero-order chi connectivity index (χ0) is 16.2. The highest BCUT2D eigenvalue weighted by atomic mass is 16.7. The molecule has 4 nitrogen and oxygen atoms in total. The molecule has 1 saturated heterocycles. The van der Waals surface area contributed by atoms with E-state index in [-0.39, 0.29) is 11.4 Å².